The van der Waals surface area contributed by atoms with E-state index in [0.29, 0.717) is 12.5 Å². The third kappa shape index (κ3) is 3.14. The number of hydrogen-bond acceptors (Lipinski definition) is 3. The van der Waals surface area contributed by atoms with Gasteiger partial charge in [0.15, 0.2) is 11.6 Å². The highest BCUT2D eigenvalue weighted by Crippen LogP contribution is 2.40. The molecule has 4 rings (SSSR count). The Morgan fingerprint density at radius 2 is 2.00 bits per heavy atom. The fourth-order valence-corrected chi connectivity index (χ4v) is 4.06. The molecule has 2 aromatic carbocycles. The van der Waals surface area contributed by atoms with Crippen LogP contribution in [0.3, 0.4) is 0 Å². The highest BCUT2D eigenvalue weighted by molar-refractivity contribution is 5.38. The summed E-state index contributed by atoms with van der Waals surface area (Å²) >= 11 is 0. The summed E-state index contributed by atoms with van der Waals surface area (Å²) in [7, 11) is 0. The van der Waals surface area contributed by atoms with Gasteiger partial charge in [0, 0.05) is 12.6 Å². The van der Waals surface area contributed by atoms with Crippen LogP contribution in [0.1, 0.15) is 23.7 Å². The minimum absolute atomic E-state index is 0.0997. The van der Waals surface area contributed by atoms with Crippen molar-refractivity contribution in [2.75, 3.05) is 19.6 Å². The Labute approximate surface area is 146 Å². The first-order valence-corrected chi connectivity index (χ1v) is 8.79. The maximum absolute atomic E-state index is 14.1. The van der Waals surface area contributed by atoms with Gasteiger partial charge in [-0.25, -0.2) is 8.78 Å². The molecule has 1 unspecified atom stereocenters. The van der Waals surface area contributed by atoms with E-state index in [1.54, 1.807) is 0 Å². The third-order valence-electron chi connectivity index (χ3n) is 5.41. The molecule has 1 fully saturated rings. The van der Waals surface area contributed by atoms with Gasteiger partial charge in [0.2, 0.25) is 0 Å². The second-order valence-electron chi connectivity index (χ2n) is 6.97. The third-order valence-corrected chi connectivity index (χ3v) is 5.41. The SMILES string of the molecule is NCC1CCN([C@@H]2Cc3ccccc3[C@H]2Oc2ccc(F)cc2F)C1. The van der Waals surface area contributed by atoms with E-state index in [0.717, 1.165) is 37.6 Å². The van der Waals surface area contributed by atoms with Crippen LogP contribution in [0.15, 0.2) is 42.5 Å². The number of halogens is 2. The number of benzene rings is 2. The minimum atomic E-state index is -0.663. The smallest absolute Gasteiger partial charge is 0.168 e. The highest BCUT2D eigenvalue weighted by Gasteiger charge is 2.40. The number of ether oxygens (including phenoxy) is 1. The lowest BCUT2D eigenvalue weighted by atomic mass is 10.1. The van der Waals surface area contributed by atoms with E-state index in [9.17, 15) is 8.78 Å². The van der Waals surface area contributed by atoms with Gasteiger partial charge in [-0.2, -0.15) is 0 Å². The van der Waals surface area contributed by atoms with E-state index in [1.165, 1.54) is 17.7 Å². The number of nitrogens with zero attached hydrogens (tertiary/aromatic N) is 1. The zero-order chi connectivity index (χ0) is 17.4. The van der Waals surface area contributed by atoms with Gasteiger partial charge in [0.1, 0.15) is 11.9 Å². The van der Waals surface area contributed by atoms with Crippen LogP contribution in [0.5, 0.6) is 5.75 Å². The molecule has 1 aliphatic carbocycles. The van der Waals surface area contributed by atoms with Crippen LogP contribution in [0.2, 0.25) is 0 Å². The largest absolute Gasteiger partial charge is 0.481 e. The van der Waals surface area contributed by atoms with Gasteiger partial charge in [0.25, 0.3) is 0 Å². The van der Waals surface area contributed by atoms with Gasteiger partial charge in [-0.15, -0.1) is 0 Å². The molecule has 132 valence electrons. The molecule has 3 nitrogen and oxygen atoms in total. The first-order valence-electron chi connectivity index (χ1n) is 8.79. The topological polar surface area (TPSA) is 38.5 Å². The van der Waals surface area contributed by atoms with E-state index in [4.69, 9.17) is 10.5 Å². The molecular weight excluding hydrogens is 322 g/mol. The Morgan fingerprint density at radius 1 is 1.16 bits per heavy atom. The number of rotatable bonds is 4. The van der Waals surface area contributed by atoms with Crippen molar-refractivity contribution in [1.82, 2.24) is 4.90 Å². The fraction of sp³-hybridized carbons (Fsp3) is 0.400. The van der Waals surface area contributed by atoms with Crippen LogP contribution in [-0.4, -0.2) is 30.6 Å². The number of hydrogen-bond donors (Lipinski definition) is 1. The summed E-state index contributed by atoms with van der Waals surface area (Å²) in [5, 5.41) is 0. The molecular formula is C20H22F2N2O. The number of nitrogens with two attached hydrogens (primary N) is 1. The Morgan fingerprint density at radius 3 is 2.76 bits per heavy atom. The monoisotopic (exact) mass is 344 g/mol. The van der Waals surface area contributed by atoms with Gasteiger partial charge < -0.3 is 10.5 Å². The molecule has 2 aromatic rings. The molecule has 0 amide bonds. The molecule has 25 heavy (non-hydrogen) atoms. The van der Waals surface area contributed by atoms with Gasteiger partial charge in [-0.3, -0.25) is 4.90 Å². The summed E-state index contributed by atoms with van der Waals surface area (Å²) in [6.07, 6.45) is 1.70. The van der Waals surface area contributed by atoms with E-state index >= 15 is 0 Å². The summed E-state index contributed by atoms with van der Waals surface area (Å²) in [6.45, 7) is 2.61. The van der Waals surface area contributed by atoms with Crippen LogP contribution < -0.4 is 10.5 Å². The average Bonchev–Trinajstić information content (AvgIpc) is 3.22. The standard InChI is InChI=1S/C20H22F2N2O/c21-15-5-6-19(17(22)10-15)25-20-16-4-2-1-3-14(16)9-18(20)24-8-7-13(11-23)12-24/h1-6,10,13,18,20H,7-9,11-12,23H2/t13?,18-,20-/m1/s1. The van der Waals surface area contributed by atoms with Crippen LogP contribution >= 0.6 is 0 Å². The van der Waals surface area contributed by atoms with Crippen molar-refractivity contribution >= 4 is 0 Å². The second kappa shape index (κ2) is 6.73. The van der Waals surface area contributed by atoms with Crippen molar-refractivity contribution < 1.29 is 13.5 Å². The lowest BCUT2D eigenvalue weighted by Crippen LogP contribution is -2.39. The van der Waals surface area contributed by atoms with E-state index in [1.807, 2.05) is 18.2 Å². The molecule has 0 bridgehead atoms. The van der Waals surface area contributed by atoms with Crippen molar-refractivity contribution in [1.29, 1.82) is 0 Å². The summed E-state index contributed by atoms with van der Waals surface area (Å²) < 4.78 is 33.4. The predicted octanol–water partition coefficient (Wildman–Crippen LogP) is 3.29. The van der Waals surface area contributed by atoms with Crippen molar-refractivity contribution in [3.05, 3.63) is 65.2 Å². The average molecular weight is 344 g/mol. The fourth-order valence-electron chi connectivity index (χ4n) is 4.06. The molecule has 0 spiro atoms. The zero-order valence-electron chi connectivity index (χ0n) is 14.0. The lowest BCUT2D eigenvalue weighted by molar-refractivity contribution is 0.0882. The molecule has 3 atom stereocenters. The highest BCUT2D eigenvalue weighted by atomic mass is 19.1. The second-order valence-corrected chi connectivity index (χ2v) is 6.97. The van der Waals surface area contributed by atoms with E-state index in [2.05, 4.69) is 11.0 Å². The van der Waals surface area contributed by atoms with Crippen LogP contribution in [0.25, 0.3) is 0 Å². The quantitative estimate of drug-likeness (QED) is 0.925. The Balaban J connectivity index is 1.63. The van der Waals surface area contributed by atoms with Crippen LogP contribution in [-0.2, 0) is 6.42 Å². The van der Waals surface area contributed by atoms with Crippen molar-refractivity contribution in [2.24, 2.45) is 11.7 Å². The maximum Gasteiger partial charge on any atom is 0.168 e. The zero-order valence-corrected chi connectivity index (χ0v) is 14.0. The summed E-state index contributed by atoms with van der Waals surface area (Å²) in [5.74, 6) is -0.655. The van der Waals surface area contributed by atoms with Crippen molar-refractivity contribution in [2.45, 2.75) is 25.0 Å². The minimum Gasteiger partial charge on any atom is -0.481 e. The normalized spacial score (nSPS) is 26.0. The Hall–Kier alpha value is -1.98. The van der Waals surface area contributed by atoms with E-state index in [-0.39, 0.29) is 17.9 Å². The molecule has 1 heterocycles. The Kier molecular flexibility index (Phi) is 4.44. The molecule has 0 radical (unpaired) electrons. The first-order chi connectivity index (χ1) is 12.2. The Bertz CT molecular complexity index is 767. The molecule has 0 saturated carbocycles. The molecule has 2 aliphatic rings. The summed E-state index contributed by atoms with van der Waals surface area (Å²) in [6, 6.07) is 11.8. The van der Waals surface area contributed by atoms with Gasteiger partial charge in [-0.1, -0.05) is 24.3 Å². The van der Waals surface area contributed by atoms with Gasteiger partial charge in [-0.05, 0) is 55.1 Å². The molecule has 0 aromatic heterocycles. The number of fused-ring (bicyclic) bond motifs is 1. The van der Waals surface area contributed by atoms with Crippen LogP contribution in [0, 0.1) is 17.6 Å². The predicted molar refractivity (Wildman–Crippen MR) is 92.4 cm³/mol. The maximum atomic E-state index is 14.1. The molecule has 1 aliphatic heterocycles. The summed E-state index contributed by atoms with van der Waals surface area (Å²) in [5.41, 5.74) is 8.15. The van der Waals surface area contributed by atoms with E-state index < -0.39 is 11.6 Å². The molecule has 5 heteroatoms. The van der Waals surface area contributed by atoms with Gasteiger partial charge >= 0.3 is 0 Å². The first kappa shape index (κ1) is 16.5. The number of likely N-dealkylation sites (tertiary alicyclic amines) is 1. The van der Waals surface area contributed by atoms with Crippen molar-refractivity contribution in [3.8, 4) is 5.75 Å². The molecule has 1 saturated heterocycles. The van der Waals surface area contributed by atoms with Crippen molar-refractivity contribution in [3.63, 3.8) is 0 Å². The summed E-state index contributed by atoms with van der Waals surface area (Å²) in [4.78, 5) is 2.41. The van der Waals surface area contributed by atoms with Gasteiger partial charge in [0.05, 0.1) is 6.04 Å². The lowest BCUT2D eigenvalue weighted by Gasteiger charge is -2.30. The molecule has 2 N–H and O–H groups in total. The van der Waals surface area contributed by atoms with Crippen LogP contribution in [0.4, 0.5) is 8.78 Å².